The number of aryl methyl sites for hydroxylation is 1. The number of nitrogens with two attached hydrogens (primary N) is 2. The van der Waals surface area contributed by atoms with Crippen molar-refractivity contribution in [3.8, 4) is 5.75 Å². The van der Waals surface area contributed by atoms with Crippen molar-refractivity contribution in [2.24, 2.45) is 11.5 Å². The Hall–Kier alpha value is -1.06. The van der Waals surface area contributed by atoms with Crippen LogP contribution in [0.2, 0.25) is 0 Å². The third-order valence-electron chi connectivity index (χ3n) is 1.90. The highest BCUT2D eigenvalue weighted by Crippen LogP contribution is 2.19. The van der Waals surface area contributed by atoms with Crippen molar-refractivity contribution in [2.75, 3.05) is 6.54 Å². The molecule has 66 valence electrons. The van der Waals surface area contributed by atoms with Crippen LogP contribution in [0.15, 0.2) is 18.2 Å². The Balaban J connectivity index is 2.96. The van der Waals surface area contributed by atoms with Gasteiger partial charge in [-0.25, -0.2) is 0 Å². The van der Waals surface area contributed by atoms with Gasteiger partial charge in [0, 0.05) is 12.6 Å². The van der Waals surface area contributed by atoms with Crippen molar-refractivity contribution < 1.29 is 5.11 Å². The monoisotopic (exact) mass is 166 g/mol. The number of aromatic hydroxyl groups is 1. The van der Waals surface area contributed by atoms with Crippen molar-refractivity contribution in [3.05, 3.63) is 29.3 Å². The lowest BCUT2D eigenvalue weighted by Gasteiger charge is -2.10. The fraction of sp³-hybridized carbons (Fsp3) is 0.333. The summed E-state index contributed by atoms with van der Waals surface area (Å²) < 4.78 is 0. The van der Waals surface area contributed by atoms with E-state index in [1.165, 1.54) is 0 Å². The molecule has 0 aliphatic heterocycles. The van der Waals surface area contributed by atoms with Crippen LogP contribution < -0.4 is 11.5 Å². The fourth-order valence-corrected chi connectivity index (χ4v) is 1.05. The molecule has 0 radical (unpaired) electrons. The zero-order valence-electron chi connectivity index (χ0n) is 7.12. The van der Waals surface area contributed by atoms with Gasteiger partial charge in [-0.05, 0) is 24.1 Å². The molecule has 0 spiro atoms. The molecule has 0 amide bonds. The Morgan fingerprint density at radius 3 is 2.67 bits per heavy atom. The summed E-state index contributed by atoms with van der Waals surface area (Å²) in [5.41, 5.74) is 12.9. The van der Waals surface area contributed by atoms with Crippen LogP contribution in [0.3, 0.4) is 0 Å². The van der Waals surface area contributed by atoms with Crippen LogP contribution in [-0.4, -0.2) is 11.7 Å². The standard InChI is InChI=1S/C9H14N2O/c1-6-4-7(8(11)5-10)2-3-9(6)12/h2-4,8,12H,5,10-11H2,1H3/t8-/m0/s1. The normalized spacial score (nSPS) is 12.9. The number of rotatable bonds is 2. The first-order valence-corrected chi connectivity index (χ1v) is 3.90. The molecule has 3 nitrogen and oxygen atoms in total. The van der Waals surface area contributed by atoms with E-state index < -0.39 is 0 Å². The summed E-state index contributed by atoms with van der Waals surface area (Å²) in [6.45, 7) is 2.26. The van der Waals surface area contributed by atoms with Crippen LogP contribution in [0.4, 0.5) is 0 Å². The van der Waals surface area contributed by atoms with Crippen molar-refractivity contribution in [1.29, 1.82) is 0 Å². The molecule has 0 aliphatic carbocycles. The minimum Gasteiger partial charge on any atom is -0.508 e. The highest BCUT2D eigenvalue weighted by Gasteiger charge is 2.04. The second kappa shape index (κ2) is 3.56. The summed E-state index contributed by atoms with van der Waals surface area (Å²) >= 11 is 0. The summed E-state index contributed by atoms with van der Waals surface area (Å²) in [4.78, 5) is 0. The Morgan fingerprint density at radius 2 is 2.17 bits per heavy atom. The molecule has 0 heterocycles. The maximum Gasteiger partial charge on any atom is 0.118 e. The van der Waals surface area contributed by atoms with Crippen molar-refractivity contribution >= 4 is 0 Å². The molecular weight excluding hydrogens is 152 g/mol. The minimum atomic E-state index is -0.135. The molecule has 1 rings (SSSR count). The van der Waals surface area contributed by atoms with Crippen molar-refractivity contribution in [3.63, 3.8) is 0 Å². The molecule has 0 saturated heterocycles. The Labute approximate surface area is 72.0 Å². The topological polar surface area (TPSA) is 72.3 Å². The van der Waals surface area contributed by atoms with Crippen molar-refractivity contribution in [1.82, 2.24) is 0 Å². The number of phenols is 1. The van der Waals surface area contributed by atoms with Gasteiger partial charge in [-0.2, -0.15) is 0 Å². The zero-order chi connectivity index (χ0) is 9.14. The lowest BCUT2D eigenvalue weighted by atomic mass is 10.0. The van der Waals surface area contributed by atoms with Gasteiger partial charge in [0.1, 0.15) is 5.75 Å². The summed E-state index contributed by atoms with van der Waals surface area (Å²) in [6, 6.07) is 5.15. The van der Waals surface area contributed by atoms with E-state index in [2.05, 4.69) is 0 Å². The van der Waals surface area contributed by atoms with Gasteiger partial charge in [-0.15, -0.1) is 0 Å². The van der Waals surface area contributed by atoms with Crippen LogP contribution in [0.1, 0.15) is 17.2 Å². The first-order valence-electron chi connectivity index (χ1n) is 3.90. The second-order valence-electron chi connectivity index (χ2n) is 2.89. The summed E-state index contributed by atoms with van der Waals surface area (Å²) in [5.74, 6) is 0.294. The molecule has 0 fully saturated rings. The minimum absolute atomic E-state index is 0.135. The van der Waals surface area contributed by atoms with Crippen LogP contribution in [0, 0.1) is 6.92 Å². The molecular formula is C9H14N2O. The first kappa shape index (κ1) is 9.03. The molecule has 0 unspecified atom stereocenters. The highest BCUT2D eigenvalue weighted by atomic mass is 16.3. The maximum atomic E-state index is 9.23. The number of phenolic OH excluding ortho intramolecular Hbond substituents is 1. The Kier molecular flexibility index (Phi) is 2.68. The molecule has 1 atom stereocenters. The SMILES string of the molecule is Cc1cc([C@@H](N)CN)ccc1O. The van der Waals surface area contributed by atoms with Gasteiger partial charge in [-0.3, -0.25) is 0 Å². The number of hydrogen-bond donors (Lipinski definition) is 3. The second-order valence-corrected chi connectivity index (χ2v) is 2.89. The van der Waals surface area contributed by atoms with Gasteiger partial charge in [0.2, 0.25) is 0 Å². The quantitative estimate of drug-likeness (QED) is 0.604. The van der Waals surface area contributed by atoms with E-state index >= 15 is 0 Å². The molecule has 0 bridgehead atoms. The first-order chi connectivity index (χ1) is 5.65. The van der Waals surface area contributed by atoms with E-state index in [1.54, 1.807) is 12.1 Å². The van der Waals surface area contributed by atoms with Crippen LogP contribution in [0.25, 0.3) is 0 Å². The Morgan fingerprint density at radius 1 is 1.50 bits per heavy atom. The fourth-order valence-electron chi connectivity index (χ4n) is 1.05. The lowest BCUT2D eigenvalue weighted by molar-refractivity contribution is 0.470. The van der Waals surface area contributed by atoms with E-state index in [-0.39, 0.29) is 6.04 Å². The predicted octanol–water partition coefficient (Wildman–Crippen LogP) is 0.659. The molecule has 0 aliphatic rings. The van der Waals surface area contributed by atoms with Gasteiger partial charge in [0.05, 0.1) is 0 Å². The molecule has 12 heavy (non-hydrogen) atoms. The molecule has 1 aromatic rings. The average Bonchev–Trinajstić information content (AvgIpc) is 2.08. The van der Waals surface area contributed by atoms with Gasteiger partial charge in [-0.1, -0.05) is 12.1 Å². The molecule has 5 N–H and O–H groups in total. The molecule has 3 heteroatoms. The Bertz CT molecular complexity index is 273. The number of benzene rings is 1. The van der Waals surface area contributed by atoms with Crippen molar-refractivity contribution in [2.45, 2.75) is 13.0 Å². The molecule has 0 saturated carbocycles. The van der Waals surface area contributed by atoms with Gasteiger partial charge < -0.3 is 16.6 Å². The smallest absolute Gasteiger partial charge is 0.118 e. The van der Waals surface area contributed by atoms with E-state index in [0.29, 0.717) is 12.3 Å². The zero-order valence-corrected chi connectivity index (χ0v) is 7.12. The summed E-state index contributed by atoms with van der Waals surface area (Å²) in [5, 5.41) is 9.23. The summed E-state index contributed by atoms with van der Waals surface area (Å²) in [6.07, 6.45) is 0. The lowest BCUT2D eigenvalue weighted by Crippen LogP contribution is -2.20. The van der Waals surface area contributed by atoms with Gasteiger partial charge in [0.15, 0.2) is 0 Å². The third kappa shape index (κ3) is 1.75. The van der Waals surface area contributed by atoms with E-state index in [4.69, 9.17) is 11.5 Å². The van der Waals surface area contributed by atoms with Gasteiger partial charge in [0.25, 0.3) is 0 Å². The third-order valence-corrected chi connectivity index (χ3v) is 1.90. The average molecular weight is 166 g/mol. The number of hydrogen-bond acceptors (Lipinski definition) is 3. The molecule has 1 aromatic carbocycles. The van der Waals surface area contributed by atoms with E-state index in [9.17, 15) is 5.11 Å². The van der Waals surface area contributed by atoms with Crippen LogP contribution in [0.5, 0.6) is 5.75 Å². The summed E-state index contributed by atoms with van der Waals surface area (Å²) in [7, 11) is 0. The van der Waals surface area contributed by atoms with Crippen LogP contribution in [-0.2, 0) is 0 Å². The van der Waals surface area contributed by atoms with Gasteiger partial charge >= 0.3 is 0 Å². The molecule has 0 aromatic heterocycles. The van der Waals surface area contributed by atoms with Crippen LogP contribution >= 0.6 is 0 Å². The predicted molar refractivity (Wildman–Crippen MR) is 48.8 cm³/mol. The highest BCUT2D eigenvalue weighted by molar-refractivity contribution is 5.36. The largest absolute Gasteiger partial charge is 0.508 e. The maximum absolute atomic E-state index is 9.23. The van der Waals surface area contributed by atoms with E-state index in [0.717, 1.165) is 11.1 Å². The van der Waals surface area contributed by atoms with E-state index in [1.807, 2.05) is 13.0 Å².